The molecule has 1 heterocycles. The minimum absolute atomic E-state index is 0.0145. The summed E-state index contributed by atoms with van der Waals surface area (Å²) >= 11 is 1.78. The topological polar surface area (TPSA) is 32.3 Å². The molecule has 1 fully saturated rings. The lowest BCUT2D eigenvalue weighted by atomic mass is 10.2. The lowest BCUT2D eigenvalue weighted by Crippen LogP contribution is -2.54. The molecule has 1 saturated heterocycles. The van der Waals surface area contributed by atoms with E-state index in [0.29, 0.717) is 0 Å². The Morgan fingerprint density at radius 3 is 3.17 bits per heavy atom. The fraction of sp³-hybridized carbons (Fsp3) is 0.875. The van der Waals surface area contributed by atoms with Gasteiger partial charge in [-0.05, 0) is 13.2 Å². The molecule has 1 aliphatic heterocycles. The van der Waals surface area contributed by atoms with Crippen molar-refractivity contribution in [2.45, 2.75) is 13.0 Å². The molecule has 12 heavy (non-hydrogen) atoms. The highest BCUT2D eigenvalue weighted by Crippen LogP contribution is 2.02. The molecule has 0 aromatic carbocycles. The van der Waals surface area contributed by atoms with Crippen LogP contribution in [0.1, 0.15) is 6.92 Å². The van der Waals surface area contributed by atoms with Crippen molar-refractivity contribution in [3.8, 4) is 0 Å². The average Bonchev–Trinajstić information content (AvgIpc) is 2.08. The smallest absolute Gasteiger partial charge is 0.239 e. The molecule has 1 N–H and O–H groups in total. The summed E-state index contributed by atoms with van der Waals surface area (Å²) < 4.78 is 0. The summed E-state index contributed by atoms with van der Waals surface area (Å²) in [4.78, 5) is 13.4. The largest absolute Gasteiger partial charge is 0.339 e. The van der Waals surface area contributed by atoms with E-state index in [1.54, 1.807) is 11.8 Å². The Kier molecular flexibility index (Phi) is 3.88. The number of rotatable bonds is 3. The van der Waals surface area contributed by atoms with Gasteiger partial charge in [0.05, 0.1) is 6.04 Å². The van der Waals surface area contributed by atoms with Crippen LogP contribution in [0.4, 0.5) is 0 Å². The van der Waals surface area contributed by atoms with Gasteiger partial charge in [0, 0.05) is 25.4 Å². The van der Waals surface area contributed by atoms with Crippen LogP contribution >= 0.6 is 11.8 Å². The van der Waals surface area contributed by atoms with Crippen LogP contribution in [0.3, 0.4) is 0 Å². The third-order valence-electron chi connectivity index (χ3n) is 2.08. The van der Waals surface area contributed by atoms with E-state index in [4.69, 9.17) is 0 Å². The van der Waals surface area contributed by atoms with Gasteiger partial charge in [0.25, 0.3) is 0 Å². The first-order valence-electron chi connectivity index (χ1n) is 4.27. The molecule has 1 unspecified atom stereocenters. The first kappa shape index (κ1) is 9.86. The molecule has 1 amide bonds. The van der Waals surface area contributed by atoms with Gasteiger partial charge in [0.2, 0.25) is 5.91 Å². The van der Waals surface area contributed by atoms with Crippen LogP contribution in [0.5, 0.6) is 0 Å². The van der Waals surface area contributed by atoms with Gasteiger partial charge in [-0.25, -0.2) is 0 Å². The summed E-state index contributed by atoms with van der Waals surface area (Å²) in [6, 6.07) is 0.0145. The van der Waals surface area contributed by atoms with Crippen LogP contribution in [-0.2, 0) is 4.79 Å². The number of hydrogen-bond acceptors (Lipinski definition) is 3. The Balaban J connectivity index is 2.36. The van der Waals surface area contributed by atoms with Crippen molar-refractivity contribution in [3.63, 3.8) is 0 Å². The summed E-state index contributed by atoms with van der Waals surface area (Å²) in [5.41, 5.74) is 0. The zero-order chi connectivity index (χ0) is 8.97. The molecule has 0 bridgehead atoms. The lowest BCUT2D eigenvalue weighted by Gasteiger charge is -2.31. The van der Waals surface area contributed by atoms with E-state index in [2.05, 4.69) is 11.6 Å². The number of thioether (sulfide) groups is 1. The molecule has 1 aliphatic rings. The maximum atomic E-state index is 11.5. The average molecular weight is 188 g/mol. The van der Waals surface area contributed by atoms with Gasteiger partial charge < -0.3 is 10.2 Å². The third kappa shape index (κ3) is 2.38. The third-order valence-corrected chi connectivity index (χ3v) is 2.67. The number of carbonyl (C=O) groups excluding carboxylic acids is 1. The maximum Gasteiger partial charge on any atom is 0.239 e. The van der Waals surface area contributed by atoms with Crippen molar-refractivity contribution in [1.82, 2.24) is 10.2 Å². The SMILES string of the molecule is CSCCN1CCNC(C)C1=O. The number of hydrogen-bond donors (Lipinski definition) is 1. The molecule has 0 aliphatic carbocycles. The molecule has 0 aromatic rings. The first-order valence-corrected chi connectivity index (χ1v) is 5.66. The van der Waals surface area contributed by atoms with Crippen molar-refractivity contribution in [3.05, 3.63) is 0 Å². The Morgan fingerprint density at radius 1 is 1.75 bits per heavy atom. The monoisotopic (exact) mass is 188 g/mol. The molecule has 4 heteroatoms. The highest BCUT2D eigenvalue weighted by molar-refractivity contribution is 7.98. The van der Waals surface area contributed by atoms with Crippen LogP contribution in [0, 0.1) is 0 Å². The van der Waals surface area contributed by atoms with Gasteiger partial charge in [0.15, 0.2) is 0 Å². The molecule has 1 atom stereocenters. The predicted molar refractivity (Wildman–Crippen MR) is 52.4 cm³/mol. The van der Waals surface area contributed by atoms with Crippen molar-refractivity contribution < 1.29 is 4.79 Å². The minimum Gasteiger partial charge on any atom is -0.339 e. The molecule has 3 nitrogen and oxygen atoms in total. The zero-order valence-electron chi connectivity index (χ0n) is 7.67. The molecule has 1 rings (SSSR count). The molecule has 0 spiro atoms. The number of nitrogens with one attached hydrogen (secondary N) is 1. The van der Waals surface area contributed by atoms with Crippen molar-refractivity contribution in [2.24, 2.45) is 0 Å². The van der Waals surface area contributed by atoms with Crippen molar-refractivity contribution in [1.29, 1.82) is 0 Å². The molecule has 0 radical (unpaired) electrons. The molecule has 70 valence electrons. The van der Waals surface area contributed by atoms with Crippen molar-refractivity contribution >= 4 is 17.7 Å². The van der Waals surface area contributed by atoms with E-state index >= 15 is 0 Å². The van der Waals surface area contributed by atoms with Crippen LogP contribution in [-0.4, -0.2) is 48.5 Å². The van der Waals surface area contributed by atoms with Gasteiger partial charge in [-0.2, -0.15) is 11.8 Å². The van der Waals surface area contributed by atoms with Gasteiger partial charge in [-0.3, -0.25) is 4.79 Å². The Morgan fingerprint density at radius 2 is 2.50 bits per heavy atom. The van der Waals surface area contributed by atoms with E-state index < -0.39 is 0 Å². The van der Waals surface area contributed by atoms with Crippen LogP contribution in [0.2, 0.25) is 0 Å². The van der Waals surface area contributed by atoms with Crippen LogP contribution in [0.15, 0.2) is 0 Å². The van der Waals surface area contributed by atoms with Crippen molar-refractivity contribution in [2.75, 3.05) is 31.6 Å². The molecule has 0 aromatic heterocycles. The van der Waals surface area contributed by atoms with Gasteiger partial charge in [-0.1, -0.05) is 0 Å². The van der Waals surface area contributed by atoms with E-state index in [1.165, 1.54) is 0 Å². The number of carbonyl (C=O) groups is 1. The van der Waals surface area contributed by atoms with Crippen LogP contribution in [0.25, 0.3) is 0 Å². The second kappa shape index (κ2) is 4.72. The first-order chi connectivity index (χ1) is 5.75. The van der Waals surface area contributed by atoms with E-state index in [1.807, 2.05) is 11.8 Å². The summed E-state index contributed by atoms with van der Waals surface area (Å²) in [7, 11) is 0. The fourth-order valence-corrected chi connectivity index (χ4v) is 1.71. The molecular weight excluding hydrogens is 172 g/mol. The standard InChI is InChI=1S/C8H16N2OS/c1-7-8(11)10(4-3-9-7)5-6-12-2/h7,9H,3-6H2,1-2H3. The second-order valence-corrected chi connectivity index (χ2v) is 3.98. The number of piperazine rings is 1. The zero-order valence-corrected chi connectivity index (χ0v) is 8.49. The lowest BCUT2D eigenvalue weighted by molar-refractivity contribution is -0.134. The van der Waals surface area contributed by atoms with Crippen LogP contribution < -0.4 is 5.32 Å². The molecule has 0 saturated carbocycles. The molecular formula is C8H16N2OS. The highest BCUT2D eigenvalue weighted by Gasteiger charge is 2.23. The normalized spacial score (nSPS) is 24.7. The Labute approximate surface area is 77.9 Å². The maximum absolute atomic E-state index is 11.5. The van der Waals surface area contributed by atoms with E-state index in [0.717, 1.165) is 25.4 Å². The van der Waals surface area contributed by atoms with E-state index in [-0.39, 0.29) is 11.9 Å². The van der Waals surface area contributed by atoms with Gasteiger partial charge in [-0.15, -0.1) is 0 Å². The summed E-state index contributed by atoms with van der Waals surface area (Å²) in [6.07, 6.45) is 2.07. The Bertz CT molecular complexity index is 163. The number of amides is 1. The van der Waals surface area contributed by atoms with Gasteiger partial charge in [0.1, 0.15) is 0 Å². The van der Waals surface area contributed by atoms with E-state index in [9.17, 15) is 4.79 Å². The Hall–Kier alpha value is -0.220. The summed E-state index contributed by atoms with van der Waals surface area (Å²) in [6.45, 7) is 4.62. The predicted octanol–water partition coefficient (Wildman–Crippen LogP) is 0.170. The fourth-order valence-electron chi connectivity index (χ4n) is 1.31. The second-order valence-electron chi connectivity index (χ2n) is 2.99. The van der Waals surface area contributed by atoms with Gasteiger partial charge >= 0.3 is 0 Å². The summed E-state index contributed by atoms with van der Waals surface area (Å²) in [5, 5.41) is 3.14. The highest BCUT2D eigenvalue weighted by atomic mass is 32.2. The summed E-state index contributed by atoms with van der Waals surface area (Å²) in [5.74, 6) is 1.29. The quantitative estimate of drug-likeness (QED) is 0.685. The minimum atomic E-state index is 0.0145. The number of nitrogens with zero attached hydrogens (tertiary/aromatic N) is 1.